The number of aryl methyl sites for hydroxylation is 1. The van der Waals surface area contributed by atoms with E-state index in [1.807, 2.05) is 6.92 Å². The number of halogens is 1. The summed E-state index contributed by atoms with van der Waals surface area (Å²) >= 11 is 0. The summed E-state index contributed by atoms with van der Waals surface area (Å²) < 4.78 is 39.8. The van der Waals surface area contributed by atoms with Gasteiger partial charge >= 0.3 is 0 Å². The zero-order valence-electron chi connectivity index (χ0n) is 11.6. The summed E-state index contributed by atoms with van der Waals surface area (Å²) in [6.07, 6.45) is 3.20. The first-order valence-electron chi connectivity index (χ1n) is 6.77. The molecule has 0 unspecified atom stereocenters. The number of H-pyrrole nitrogens is 1. The Morgan fingerprint density at radius 3 is 2.67 bits per heavy atom. The van der Waals surface area contributed by atoms with Gasteiger partial charge in [0.1, 0.15) is 11.6 Å². The van der Waals surface area contributed by atoms with E-state index in [0.717, 1.165) is 30.7 Å². The molecule has 0 bridgehead atoms. The minimum atomic E-state index is -3.64. The third-order valence-electron chi connectivity index (χ3n) is 3.66. The molecule has 0 radical (unpaired) electrons. The maximum Gasteiger partial charge on any atom is 0.243 e. The smallest absolute Gasteiger partial charge is 0.243 e. The Balaban J connectivity index is 1.96. The first-order valence-corrected chi connectivity index (χ1v) is 8.21. The average Bonchev–Trinajstić information content (AvgIpc) is 3.07. The number of imidazole rings is 1. The first kappa shape index (κ1) is 14.2. The van der Waals surface area contributed by atoms with E-state index in [4.69, 9.17) is 0 Å². The third kappa shape index (κ3) is 2.58. The topological polar surface area (TPSA) is 66.1 Å². The predicted octanol–water partition coefficient (Wildman–Crippen LogP) is 2.38. The van der Waals surface area contributed by atoms with Crippen LogP contribution in [0.5, 0.6) is 0 Å². The highest BCUT2D eigenvalue weighted by Gasteiger charge is 2.37. The maximum atomic E-state index is 13.0. The lowest BCUT2D eigenvalue weighted by Crippen LogP contribution is -2.31. The minimum absolute atomic E-state index is 0.110. The number of nitrogens with one attached hydrogen (secondary N) is 1. The van der Waals surface area contributed by atoms with E-state index >= 15 is 0 Å². The molecule has 1 aliphatic rings. The van der Waals surface area contributed by atoms with Crippen LogP contribution in [0.1, 0.15) is 30.4 Å². The van der Waals surface area contributed by atoms with Crippen molar-refractivity contribution in [2.45, 2.75) is 30.7 Å². The van der Waals surface area contributed by atoms with E-state index in [1.165, 1.54) is 16.4 Å². The second-order valence-corrected chi connectivity index (χ2v) is 7.07. The van der Waals surface area contributed by atoms with Crippen molar-refractivity contribution in [1.29, 1.82) is 0 Å². The highest BCUT2D eigenvalue weighted by atomic mass is 32.2. The van der Waals surface area contributed by atoms with Crippen molar-refractivity contribution >= 4 is 10.0 Å². The third-order valence-corrected chi connectivity index (χ3v) is 5.58. The molecule has 21 heavy (non-hydrogen) atoms. The van der Waals surface area contributed by atoms with E-state index < -0.39 is 15.8 Å². The number of rotatable bonds is 3. The van der Waals surface area contributed by atoms with Crippen molar-refractivity contribution in [3.63, 3.8) is 0 Å². The molecule has 1 aromatic heterocycles. The van der Waals surface area contributed by atoms with Crippen LogP contribution in [0.2, 0.25) is 0 Å². The monoisotopic (exact) mass is 309 g/mol. The molecule has 1 aliphatic heterocycles. The van der Waals surface area contributed by atoms with Gasteiger partial charge < -0.3 is 4.98 Å². The zero-order valence-corrected chi connectivity index (χ0v) is 12.4. The molecule has 0 spiro atoms. The Bertz CT molecular complexity index is 740. The van der Waals surface area contributed by atoms with Gasteiger partial charge in [0.25, 0.3) is 0 Å². The van der Waals surface area contributed by atoms with E-state index in [2.05, 4.69) is 9.97 Å². The number of hydrogen-bond donors (Lipinski definition) is 1. The van der Waals surface area contributed by atoms with Crippen LogP contribution >= 0.6 is 0 Å². The van der Waals surface area contributed by atoms with Crippen molar-refractivity contribution in [3.8, 4) is 0 Å². The van der Waals surface area contributed by atoms with Gasteiger partial charge in [0.15, 0.2) is 0 Å². The molecule has 1 saturated heterocycles. The summed E-state index contributed by atoms with van der Waals surface area (Å²) in [5, 5.41) is 0. The fourth-order valence-electron chi connectivity index (χ4n) is 2.65. The van der Waals surface area contributed by atoms with Gasteiger partial charge in [-0.25, -0.2) is 17.8 Å². The van der Waals surface area contributed by atoms with Crippen LogP contribution in [0, 0.1) is 12.7 Å². The highest BCUT2D eigenvalue weighted by molar-refractivity contribution is 7.89. The molecule has 1 N–H and O–H groups in total. The van der Waals surface area contributed by atoms with Crippen molar-refractivity contribution in [1.82, 2.24) is 14.3 Å². The van der Waals surface area contributed by atoms with Gasteiger partial charge in [-0.1, -0.05) is 0 Å². The summed E-state index contributed by atoms with van der Waals surface area (Å²) in [6.45, 7) is 2.33. The quantitative estimate of drug-likeness (QED) is 0.946. The molecule has 1 atom stereocenters. The van der Waals surface area contributed by atoms with Crippen LogP contribution in [0.3, 0.4) is 0 Å². The molecule has 0 amide bonds. The number of nitrogens with zero attached hydrogens (tertiary/aromatic N) is 2. The lowest BCUT2D eigenvalue weighted by molar-refractivity contribution is 0.385. The van der Waals surface area contributed by atoms with Crippen molar-refractivity contribution < 1.29 is 12.8 Å². The van der Waals surface area contributed by atoms with Crippen LogP contribution in [-0.4, -0.2) is 29.2 Å². The highest BCUT2D eigenvalue weighted by Crippen LogP contribution is 2.35. The molecule has 3 rings (SSSR count). The van der Waals surface area contributed by atoms with Crippen molar-refractivity contribution in [2.75, 3.05) is 6.54 Å². The Hall–Kier alpha value is -1.73. The van der Waals surface area contributed by atoms with Gasteiger partial charge in [-0.05, 0) is 44.0 Å². The van der Waals surface area contributed by atoms with E-state index in [1.54, 1.807) is 6.20 Å². The number of sulfonamides is 1. The molecular weight excluding hydrogens is 293 g/mol. The molecule has 0 saturated carbocycles. The minimum Gasteiger partial charge on any atom is -0.345 e. The van der Waals surface area contributed by atoms with Crippen molar-refractivity contribution in [3.05, 3.63) is 47.8 Å². The molecule has 1 aromatic carbocycles. The fraction of sp³-hybridized carbons (Fsp3) is 0.357. The van der Waals surface area contributed by atoms with Crippen LogP contribution in [0.4, 0.5) is 4.39 Å². The summed E-state index contributed by atoms with van der Waals surface area (Å²) in [5.41, 5.74) is 0.899. The Kier molecular flexibility index (Phi) is 3.54. The second kappa shape index (κ2) is 5.23. The predicted molar refractivity (Wildman–Crippen MR) is 75.6 cm³/mol. The lowest BCUT2D eigenvalue weighted by atomic mass is 10.2. The summed E-state index contributed by atoms with van der Waals surface area (Å²) in [4.78, 5) is 7.46. The van der Waals surface area contributed by atoms with E-state index in [9.17, 15) is 12.8 Å². The molecule has 0 aliphatic carbocycles. The fourth-order valence-corrected chi connectivity index (χ4v) is 4.31. The maximum absolute atomic E-state index is 13.0. The largest absolute Gasteiger partial charge is 0.345 e. The van der Waals surface area contributed by atoms with Crippen molar-refractivity contribution in [2.24, 2.45) is 0 Å². The first-order chi connectivity index (χ1) is 9.98. The number of aromatic nitrogens is 2. The van der Waals surface area contributed by atoms with Gasteiger partial charge in [-0.3, -0.25) is 0 Å². The molecule has 2 aromatic rings. The summed E-state index contributed by atoms with van der Waals surface area (Å²) in [5.74, 6) is 0.212. The van der Waals surface area contributed by atoms with Gasteiger partial charge in [0.05, 0.1) is 10.9 Å². The van der Waals surface area contributed by atoms with Gasteiger partial charge in [0.2, 0.25) is 10.0 Å². The number of benzene rings is 1. The molecular formula is C14H16FN3O2S. The Labute approximate surface area is 122 Å². The van der Waals surface area contributed by atoms with Gasteiger partial charge in [-0.15, -0.1) is 0 Å². The molecule has 7 heteroatoms. The lowest BCUT2D eigenvalue weighted by Gasteiger charge is -2.22. The van der Waals surface area contributed by atoms with E-state index in [0.29, 0.717) is 12.4 Å². The molecule has 5 nitrogen and oxygen atoms in total. The molecule has 112 valence electrons. The second-order valence-electron chi connectivity index (χ2n) is 5.18. The summed E-state index contributed by atoms with van der Waals surface area (Å²) in [7, 11) is -3.64. The molecule has 1 fully saturated rings. The van der Waals surface area contributed by atoms with Crippen LogP contribution in [0.15, 0.2) is 35.4 Å². The molecule has 2 heterocycles. The zero-order chi connectivity index (χ0) is 15.0. The van der Waals surface area contributed by atoms with Crippen LogP contribution < -0.4 is 0 Å². The number of hydrogen-bond acceptors (Lipinski definition) is 3. The normalized spacial score (nSPS) is 20.0. The van der Waals surface area contributed by atoms with Crippen LogP contribution in [-0.2, 0) is 10.0 Å². The SMILES string of the molecule is Cc1cnc([C@@H]2CCCN2S(=O)(=O)c2ccc(F)cc2)[nH]1. The van der Waals surface area contributed by atoms with Crippen LogP contribution in [0.25, 0.3) is 0 Å². The Morgan fingerprint density at radius 2 is 2.05 bits per heavy atom. The van der Waals surface area contributed by atoms with Gasteiger partial charge in [-0.2, -0.15) is 4.31 Å². The standard InChI is InChI=1S/C14H16FN3O2S/c1-10-9-16-14(17-10)13-3-2-8-18(13)21(19,20)12-6-4-11(15)5-7-12/h4-7,9,13H,2-3,8H2,1H3,(H,16,17)/t13-/m0/s1. The number of aromatic amines is 1. The van der Waals surface area contributed by atoms with Gasteiger partial charge in [0, 0.05) is 18.4 Å². The Morgan fingerprint density at radius 1 is 1.33 bits per heavy atom. The average molecular weight is 309 g/mol. The summed E-state index contributed by atoms with van der Waals surface area (Å²) in [6, 6.07) is 4.64. The van der Waals surface area contributed by atoms with E-state index in [-0.39, 0.29) is 10.9 Å².